The maximum absolute atomic E-state index is 12.1. The Labute approximate surface area is 120 Å². The van der Waals surface area contributed by atoms with E-state index in [9.17, 15) is 4.79 Å². The summed E-state index contributed by atoms with van der Waals surface area (Å²) in [6, 6.07) is 7.61. The highest BCUT2D eigenvalue weighted by Gasteiger charge is 2.20. The first kappa shape index (κ1) is 13.6. The second kappa shape index (κ2) is 5.87. The molecule has 2 aromatic heterocycles. The fourth-order valence-corrected chi connectivity index (χ4v) is 3.58. The van der Waals surface area contributed by atoms with Crippen LogP contribution in [0.5, 0.6) is 0 Å². The average Bonchev–Trinajstić information content (AvgIpc) is 2.95. The Bertz CT molecular complexity index is 519. The van der Waals surface area contributed by atoms with Crippen LogP contribution in [0, 0.1) is 5.92 Å². The molecule has 1 atom stereocenters. The summed E-state index contributed by atoms with van der Waals surface area (Å²) in [7, 11) is 0. The molecule has 96 valence electrons. The molecule has 0 bridgehead atoms. The molecule has 18 heavy (non-hydrogen) atoms. The fourth-order valence-electron chi connectivity index (χ4n) is 1.68. The molecule has 2 heterocycles. The molecule has 0 aliphatic rings. The minimum absolute atomic E-state index is 0.0541. The van der Waals surface area contributed by atoms with Gasteiger partial charge in [-0.3, -0.25) is 4.79 Å². The summed E-state index contributed by atoms with van der Waals surface area (Å²) < 4.78 is 0.636. The molecule has 2 aromatic rings. The Balaban J connectivity index is 2.13. The van der Waals surface area contributed by atoms with Gasteiger partial charge in [0.05, 0.1) is 15.3 Å². The molecule has 2 nitrogen and oxygen atoms in total. The van der Waals surface area contributed by atoms with Crippen molar-refractivity contribution in [3.8, 4) is 0 Å². The van der Waals surface area contributed by atoms with Gasteiger partial charge in [0, 0.05) is 4.88 Å². The van der Waals surface area contributed by atoms with Gasteiger partial charge in [-0.2, -0.15) is 0 Å². The van der Waals surface area contributed by atoms with Gasteiger partial charge in [0.25, 0.3) is 5.91 Å². The van der Waals surface area contributed by atoms with E-state index in [-0.39, 0.29) is 11.9 Å². The molecule has 1 N–H and O–H groups in total. The lowest BCUT2D eigenvalue weighted by Crippen LogP contribution is -2.30. The van der Waals surface area contributed by atoms with Gasteiger partial charge in [-0.05, 0) is 29.5 Å². The van der Waals surface area contributed by atoms with E-state index in [0.29, 0.717) is 15.1 Å². The number of halogens is 1. The molecule has 0 spiro atoms. The zero-order valence-corrected chi connectivity index (χ0v) is 12.5. The zero-order chi connectivity index (χ0) is 13.1. The number of amides is 1. The highest BCUT2D eigenvalue weighted by molar-refractivity contribution is 7.18. The van der Waals surface area contributed by atoms with Crippen LogP contribution in [0.3, 0.4) is 0 Å². The normalized spacial score (nSPS) is 12.7. The summed E-state index contributed by atoms with van der Waals surface area (Å²) in [6.07, 6.45) is 0. The third-order valence-electron chi connectivity index (χ3n) is 2.60. The molecule has 5 heteroatoms. The molecule has 0 aliphatic heterocycles. The van der Waals surface area contributed by atoms with Crippen molar-refractivity contribution in [2.24, 2.45) is 5.92 Å². The molecule has 2 rings (SSSR count). The quantitative estimate of drug-likeness (QED) is 0.879. The van der Waals surface area contributed by atoms with Gasteiger partial charge in [0.2, 0.25) is 0 Å². The number of carbonyl (C=O) groups excluding carboxylic acids is 1. The molecule has 0 aliphatic carbocycles. The van der Waals surface area contributed by atoms with Crippen LogP contribution in [-0.2, 0) is 0 Å². The number of thiophene rings is 2. The van der Waals surface area contributed by atoms with E-state index in [1.54, 1.807) is 23.5 Å². The van der Waals surface area contributed by atoms with Gasteiger partial charge in [0.1, 0.15) is 0 Å². The van der Waals surface area contributed by atoms with Crippen molar-refractivity contribution in [3.05, 3.63) is 43.7 Å². The molecular weight excluding hydrogens is 286 g/mol. The maximum atomic E-state index is 12.1. The smallest absolute Gasteiger partial charge is 0.261 e. The highest BCUT2D eigenvalue weighted by atomic mass is 35.5. The van der Waals surface area contributed by atoms with Crippen molar-refractivity contribution < 1.29 is 4.79 Å². The number of hydrogen-bond acceptors (Lipinski definition) is 3. The van der Waals surface area contributed by atoms with E-state index in [2.05, 4.69) is 25.2 Å². The van der Waals surface area contributed by atoms with Crippen LogP contribution in [0.2, 0.25) is 4.34 Å². The first-order chi connectivity index (χ1) is 8.58. The minimum atomic E-state index is -0.0565. The molecule has 0 aromatic carbocycles. The number of carbonyl (C=O) groups is 1. The molecule has 0 radical (unpaired) electrons. The summed E-state index contributed by atoms with van der Waals surface area (Å²) in [5, 5.41) is 5.10. The third kappa shape index (κ3) is 3.13. The number of rotatable bonds is 4. The lowest BCUT2D eigenvalue weighted by atomic mass is 10.0. The van der Waals surface area contributed by atoms with Crippen LogP contribution >= 0.6 is 34.3 Å². The molecule has 0 fully saturated rings. The average molecular weight is 300 g/mol. The summed E-state index contributed by atoms with van der Waals surface area (Å²) in [4.78, 5) is 13.9. The Morgan fingerprint density at radius 1 is 1.33 bits per heavy atom. The minimum Gasteiger partial charge on any atom is -0.343 e. The van der Waals surface area contributed by atoms with Gasteiger partial charge < -0.3 is 5.32 Å². The SMILES string of the molecule is CC(C)[C@@H](NC(=O)c1ccc(Cl)s1)c1cccs1. The van der Waals surface area contributed by atoms with Crippen LogP contribution in [0.25, 0.3) is 0 Å². The third-order valence-corrected chi connectivity index (χ3v) is 4.79. The van der Waals surface area contributed by atoms with Crippen molar-refractivity contribution in [2.45, 2.75) is 19.9 Å². The monoisotopic (exact) mass is 299 g/mol. The molecule has 0 unspecified atom stereocenters. The van der Waals surface area contributed by atoms with Crippen LogP contribution in [0.1, 0.15) is 34.4 Å². The van der Waals surface area contributed by atoms with E-state index < -0.39 is 0 Å². The van der Waals surface area contributed by atoms with Crippen LogP contribution < -0.4 is 5.32 Å². The van der Waals surface area contributed by atoms with Crippen LogP contribution in [0.4, 0.5) is 0 Å². The van der Waals surface area contributed by atoms with Crippen molar-refractivity contribution >= 4 is 40.2 Å². The van der Waals surface area contributed by atoms with Gasteiger partial charge in [-0.1, -0.05) is 31.5 Å². The summed E-state index contributed by atoms with van der Waals surface area (Å²) in [5.74, 6) is 0.294. The second-order valence-electron chi connectivity index (χ2n) is 4.31. The summed E-state index contributed by atoms with van der Waals surface area (Å²) in [5.41, 5.74) is 0. The van der Waals surface area contributed by atoms with Crippen molar-refractivity contribution in [1.82, 2.24) is 5.32 Å². The van der Waals surface area contributed by atoms with Gasteiger partial charge in [-0.25, -0.2) is 0 Å². The maximum Gasteiger partial charge on any atom is 0.261 e. The first-order valence-electron chi connectivity index (χ1n) is 5.67. The van der Waals surface area contributed by atoms with Gasteiger partial charge >= 0.3 is 0 Å². The predicted octanol–water partition coefficient (Wildman–Crippen LogP) is 4.59. The Morgan fingerprint density at radius 2 is 2.11 bits per heavy atom. The van der Waals surface area contributed by atoms with E-state index in [0.717, 1.165) is 0 Å². The molecule has 1 amide bonds. The van der Waals surface area contributed by atoms with Gasteiger partial charge in [0.15, 0.2) is 0 Å². The van der Waals surface area contributed by atoms with E-state index in [4.69, 9.17) is 11.6 Å². The predicted molar refractivity (Wildman–Crippen MR) is 78.7 cm³/mol. The number of nitrogens with one attached hydrogen (secondary N) is 1. The number of hydrogen-bond donors (Lipinski definition) is 1. The topological polar surface area (TPSA) is 29.1 Å². The lowest BCUT2D eigenvalue weighted by molar-refractivity contribution is 0.0930. The zero-order valence-electron chi connectivity index (χ0n) is 10.1. The lowest BCUT2D eigenvalue weighted by Gasteiger charge is -2.20. The Kier molecular flexibility index (Phi) is 4.43. The van der Waals surface area contributed by atoms with Crippen LogP contribution in [0.15, 0.2) is 29.6 Å². The highest BCUT2D eigenvalue weighted by Crippen LogP contribution is 2.27. The molecule has 0 saturated heterocycles. The Hall–Kier alpha value is -0.840. The molecule has 0 saturated carbocycles. The van der Waals surface area contributed by atoms with E-state index in [1.165, 1.54) is 16.2 Å². The van der Waals surface area contributed by atoms with Crippen molar-refractivity contribution in [1.29, 1.82) is 0 Å². The van der Waals surface area contributed by atoms with E-state index >= 15 is 0 Å². The Morgan fingerprint density at radius 3 is 2.61 bits per heavy atom. The van der Waals surface area contributed by atoms with Crippen LogP contribution in [-0.4, -0.2) is 5.91 Å². The first-order valence-corrected chi connectivity index (χ1v) is 7.75. The fraction of sp³-hybridized carbons (Fsp3) is 0.308. The van der Waals surface area contributed by atoms with Crippen molar-refractivity contribution in [2.75, 3.05) is 0 Å². The largest absolute Gasteiger partial charge is 0.343 e. The summed E-state index contributed by atoms with van der Waals surface area (Å²) in [6.45, 7) is 4.21. The second-order valence-corrected chi connectivity index (χ2v) is 7.01. The molecular formula is C13H14ClNOS2. The van der Waals surface area contributed by atoms with Gasteiger partial charge in [-0.15, -0.1) is 22.7 Å². The standard InChI is InChI=1S/C13H14ClNOS2/c1-8(2)12(9-4-3-7-17-9)15-13(16)10-5-6-11(14)18-10/h3-8,12H,1-2H3,(H,15,16)/t12-/m1/s1. The van der Waals surface area contributed by atoms with E-state index in [1.807, 2.05) is 11.4 Å². The van der Waals surface area contributed by atoms with Crippen molar-refractivity contribution in [3.63, 3.8) is 0 Å². The summed E-state index contributed by atoms with van der Waals surface area (Å²) >= 11 is 8.81.